The zero-order valence-electron chi connectivity index (χ0n) is 29.0. The molecule has 17 nitrogen and oxygen atoms in total. The van der Waals surface area contributed by atoms with Crippen molar-refractivity contribution in [3.05, 3.63) is 83.6 Å². The van der Waals surface area contributed by atoms with E-state index in [1.807, 2.05) is 24.3 Å². The van der Waals surface area contributed by atoms with Crippen molar-refractivity contribution in [2.45, 2.75) is 24.2 Å². The monoisotopic (exact) mass is 760 g/mol. The summed E-state index contributed by atoms with van der Waals surface area (Å²) in [7, 11) is -3.96. The van der Waals surface area contributed by atoms with Crippen molar-refractivity contribution in [2.24, 2.45) is 0 Å². The van der Waals surface area contributed by atoms with Crippen LogP contribution in [0.3, 0.4) is 0 Å². The largest absolute Gasteiger partial charge is 0.493 e. The normalized spacial score (nSPS) is 11.1. The predicted octanol–water partition coefficient (Wildman–Crippen LogP) is 1.52. The number of sulfonamides is 1. The molecular formula is C35H44N4O13S. The molecule has 0 saturated heterocycles. The molecule has 1 aromatic heterocycles. The third-order valence-electron chi connectivity index (χ3n) is 7.01. The average Bonchev–Trinajstić information content (AvgIpc) is 3.13. The highest BCUT2D eigenvalue weighted by Crippen LogP contribution is 2.19. The highest BCUT2D eigenvalue weighted by Gasteiger charge is 2.16. The van der Waals surface area contributed by atoms with E-state index >= 15 is 0 Å². The van der Waals surface area contributed by atoms with Crippen LogP contribution in [-0.4, -0.2) is 120 Å². The summed E-state index contributed by atoms with van der Waals surface area (Å²) in [6, 6.07) is 16.4. The van der Waals surface area contributed by atoms with Gasteiger partial charge in [-0.15, -0.1) is 0 Å². The van der Waals surface area contributed by atoms with Crippen molar-refractivity contribution in [3.8, 4) is 5.75 Å². The quantitative estimate of drug-likeness (QED) is 0.0693. The van der Waals surface area contributed by atoms with Crippen LogP contribution in [0, 0.1) is 0 Å². The number of nitrogens with zero attached hydrogens (tertiary/aromatic N) is 1. The Morgan fingerprint density at radius 1 is 0.642 bits per heavy atom. The summed E-state index contributed by atoms with van der Waals surface area (Å²) >= 11 is 0. The minimum Gasteiger partial charge on any atom is -0.493 e. The molecule has 0 aliphatic heterocycles. The highest BCUT2D eigenvalue weighted by molar-refractivity contribution is 7.92. The summed E-state index contributed by atoms with van der Waals surface area (Å²) in [5, 5.41) is 22.5. The summed E-state index contributed by atoms with van der Waals surface area (Å²) in [5.74, 6) is -2.13. The molecule has 5 N–H and O–H groups in total. The zero-order valence-corrected chi connectivity index (χ0v) is 29.8. The molecule has 0 radical (unpaired) electrons. The number of aryl methyl sites for hydroxylation is 1. The van der Waals surface area contributed by atoms with Gasteiger partial charge in [-0.1, -0.05) is 24.3 Å². The van der Waals surface area contributed by atoms with Crippen molar-refractivity contribution in [3.63, 3.8) is 0 Å². The maximum atomic E-state index is 12.9. The number of hydrogen-bond acceptors (Lipinski definition) is 12. The molecule has 18 heteroatoms. The number of pyridine rings is 1. The molecule has 0 aliphatic rings. The molecule has 0 atom stereocenters. The number of amides is 2. The van der Waals surface area contributed by atoms with Crippen molar-refractivity contribution in [1.29, 1.82) is 0 Å². The fourth-order valence-corrected chi connectivity index (χ4v) is 5.34. The molecule has 0 unspecified atom stereocenters. The van der Waals surface area contributed by atoms with Gasteiger partial charge in [0.05, 0.1) is 56.7 Å². The van der Waals surface area contributed by atoms with E-state index in [2.05, 4.69) is 20.3 Å². The van der Waals surface area contributed by atoms with Crippen LogP contribution in [0.1, 0.15) is 27.9 Å². The van der Waals surface area contributed by atoms with E-state index in [-0.39, 0.29) is 87.9 Å². The van der Waals surface area contributed by atoms with Crippen LogP contribution in [0.5, 0.6) is 5.75 Å². The van der Waals surface area contributed by atoms with Gasteiger partial charge in [-0.2, -0.15) is 0 Å². The lowest BCUT2D eigenvalue weighted by Gasteiger charge is -2.10. The smallest absolute Gasteiger partial charge is 0.329 e. The van der Waals surface area contributed by atoms with Gasteiger partial charge < -0.3 is 44.5 Å². The Hall–Kier alpha value is -5.14. The summed E-state index contributed by atoms with van der Waals surface area (Å²) in [6.07, 6.45) is 2.41. The van der Waals surface area contributed by atoms with Crippen molar-refractivity contribution < 1.29 is 61.5 Å². The number of carboxylic acid groups (broad SMARTS) is 2. The fraction of sp³-hybridized carbons (Fsp3) is 0.400. The Balaban J connectivity index is 1.25. The van der Waals surface area contributed by atoms with E-state index in [9.17, 15) is 27.6 Å². The van der Waals surface area contributed by atoms with E-state index in [0.29, 0.717) is 25.2 Å². The lowest BCUT2D eigenvalue weighted by Crippen LogP contribution is -2.31. The first-order valence-corrected chi connectivity index (χ1v) is 18.1. The summed E-state index contributed by atoms with van der Waals surface area (Å²) < 4.78 is 54.5. The summed E-state index contributed by atoms with van der Waals surface area (Å²) in [5.41, 5.74) is 2.19. The number of benzene rings is 2. The van der Waals surface area contributed by atoms with Crippen LogP contribution in [0.2, 0.25) is 0 Å². The van der Waals surface area contributed by atoms with E-state index < -0.39 is 34.5 Å². The maximum absolute atomic E-state index is 12.9. The second-order valence-corrected chi connectivity index (χ2v) is 12.8. The van der Waals surface area contributed by atoms with Gasteiger partial charge in [-0.3, -0.25) is 19.1 Å². The van der Waals surface area contributed by atoms with Gasteiger partial charge >= 0.3 is 11.9 Å². The van der Waals surface area contributed by atoms with Crippen LogP contribution < -0.4 is 20.1 Å². The first kappa shape index (κ1) is 42.3. The van der Waals surface area contributed by atoms with E-state index in [1.165, 1.54) is 30.5 Å². The highest BCUT2D eigenvalue weighted by atomic mass is 32.2. The van der Waals surface area contributed by atoms with Gasteiger partial charge in [-0.05, 0) is 53.9 Å². The number of aromatic nitrogens is 1. The number of aliphatic carboxylic acids is 2. The molecule has 0 aliphatic carbocycles. The molecule has 1 heterocycles. The standard InChI is InChI=1S/C35H44N4O13S/c40-32(36-14-17-48-20-22-51-25-34(43)44)24-50-21-19-49-18-15-37-35(45)28-6-11-31(38-23-28)39-53(46,47)30-9-7-29(8-10-30)52-16-13-27-3-1-26(2-4-27)5-12-33(41)42/h1-4,6-11,23H,5,12-22,24-25H2,(H,36,40)(H,37,45)(H,38,39)(H,41,42)(H,43,44). The fourth-order valence-electron chi connectivity index (χ4n) is 4.33. The molecule has 0 spiro atoms. The number of nitrogens with one attached hydrogen (secondary N) is 3. The molecule has 3 aromatic rings. The molecule has 0 bridgehead atoms. The van der Waals surface area contributed by atoms with Gasteiger partial charge in [-0.25, -0.2) is 18.2 Å². The number of anilines is 1. The van der Waals surface area contributed by atoms with Crippen LogP contribution in [0.15, 0.2) is 71.8 Å². The molecule has 0 saturated carbocycles. The van der Waals surface area contributed by atoms with Crippen LogP contribution in [0.4, 0.5) is 5.82 Å². The Bertz CT molecular complexity index is 1690. The van der Waals surface area contributed by atoms with Crippen LogP contribution >= 0.6 is 0 Å². The van der Waals surface area contributed by atoms with E-state index in [0.717, 1.165) is 11.1 Å². The third-order valence-corrected chi connectivity index (χ3v) is 8.38. The van der Waals surface area contributed by atoms with Gasteiger partial charge in [0.25, 0.3) is 15.9 Å². The van der Waals surface area contributed by atoms with E-state index in [1.54, 1.807) is 12.1 Å². The Morgan fingerprint density at radius 2 is 1.25 bits per heavy atom. The maximum Gasteiger partial charge on any atom is 0.329 e. The molecular weight excluding hydrogens is 716 g/mol. The van der Waals surface area contributed by atoms with Gasteiger partial charge in [0.2, 0.25) is 5.91 Å². The minimum atomic E-state index is -3.96. The molecule has 3 rings (SSSR count). The molecule has 2 amide bonds. The average molecular weight is 761 g/mol. The second-order valence-electron chi connectivity index (χ2n) is 11.1. The van der Waals surface area contributed by atoms with Gasteiger partial charge in [0.15, 0.2) is 0 Å². The molecule has 288 valence electrons. The Morgan fingerprint density at radius 3 is 1.85 bits per heavy atom. The number of carbonyl (C=O) groups is 4. The lowest BCUT2D eigenvalue weighted by atomic mass is 10.1. The van der Waals surface area contributed by atoms with Gasteiger partial charge in [0.1, 0.15) is 24.8 Å². The number of rotatable bonds is 27. The Labute approximate surface area is 307 Å². The number of ether oxygens (including phenoxy) is 5. The first-order valence-electron chi connectivity index (χ1n) is 16.6. The van der Waals surface area contributed by atoms with Crippen molar-refractivity contribution in [1.82, 2.24) is 15.6 Å². The van der Waals surface area contributed by atoms with Crippen molar-refractivity contribution >= 4 is 39.6 Å². The second kappa shape index (κ2) is 23.4. The lowest BCUT2D eigenvalue weighted by molar-refractivity contribution is -0.142. The number of carbonyl (C=O) groups excluding carboxylic acids is 2. The molecule has 2 aromatic carbocycles. The number of hydrogen-bond donors (Lipinski definition) is 5. The third kappa shape index (κ3) is 17.8. The topological polar surface area (TPSA) is 238 Å². The molecule has 0 fully saturated rings. The first-order chi connectivity index (χ1) is 25.5. The van der Waals surface area contributed by atoms with Crippen LogP contribution in [0.25, 0.3) is 0 Å². The van der Waals surface area contributed by atoms with Gasteiger partial charge in [0, 0.05) is 32.1 Å². The summed E-state index contributed by atoms with van der Waals surface area (Å²) in [4.78, 5) is 49.3. The predicted molar refractivity (Wildman–Crippen MR) is 189 cm³/mol. The zero-order chi connectivity index (χ0) is 38.3. The SMILES string of the molecule is O=C(O)CCc1ccc(CCOc2ccc(S(=O)(=O)Nc3ccc(C(=O)NCCOCCOCC(=O)NCCOCCOCC(=O)O)cn3)cc2)cc1. The minimum absolute atomic E-state index is 0.000136. The molecule has 53 heavy (non-hydrogen) atoms. The van der Waals surface area contributed by atoms with Crippen molar-refractivity contribution in [2.75, 3.05) is 77.3 Å². The van der Waals surface area contributed by atoms with Crippen LogP contribution in [-0.2, 0) is 56.2 Å². The van der Waals surface area contributed by atoms with E-state index in [4.69, 9.17) is 33.9 Å². The number of carboxylic acids is 2. The summed E-state index contributed by atoms with van der Waals surface area (Å²) in [6.45, 7) is 1.40. The Kier molecular flexibility index (Phi) is 18.7.